The first-order chi connectivity index (χ1) is 9.90. The van der Waals surface area contributed by atoms with Crippen LogP contribution in [-0.2, 0) is 20.9 Å². The summed E-state index contributed by atoms with van der Waals surface area (Å²) >= 11 is 0. The highest BCUT2D eigenvalue weighted by Gasteiger charge is 2.39. The quantitative estimate of drug-likeness (QED) is 0.639. The minimum absolute atomic E-state index is 0.0511. The summed E-state index contributed by atoms with van der Waals surface area (Å²) < 4.78 is 9.55. The fourth-order valence-corrected chi connectivity index (χ4v) is 1.58. The summed E-state index contributed by atoms with van der Waals surface area (Å²) in [5.74, 6) is -0.767. The van der Waals surface area contributed by atoms with Crippen LogP contribution in [-0.4, -0.2) is 30.8 Å². The molecule has 0 heterocycles. The standard InChI is InChI=1S/C14H18N2O5/c1-14(2,16-19)11(12(17)20-3)15-13(18)21-9-10-7-5-4-6-8-10/h4-8,11H,9H2,1-3H3,(H,15,18). The number of benzene rings is 1. The minimum atomic E-state index is -1.35. The lowest BCUT2D eigenvalue weighted by atomic mass is 9.96. The van der Waals surface area contributed by atoms with E-state index in [4.69, 9.17) is 4.74 Å². The molecule has 21 heavy (non-hydrogen) atoms. The van der Waals surface area contributed by atoms with Crippen molar-refractivity contribution in [2.24, 2.45) is 5.18 Å². The second-order valence-corrected chi connectivity index (χ2v) is 4.91. The average molecular weight is 294 g/mol. The minimum Gasteiger partial charge on any atom is -0.467 e. The van der Waals surface area contributed by atoms with Crippen LogP contribution in [0.15, 0.2) is 35.5 Å². The maximum absolute atomic E-state index is 11.7. The van der Waals surface area contributed by atoms with Gasteiger partial charge in [0.05, 0.1) is 7.11 Å². The first-order valence-corrected chi connectivity index (χ1v) is 6.30. The van der Waals surface area contributed by atoms with Gasteiger partial charge in [0.15, 0.2) is 6.04 Å². The number of hydrogen-bond donors (Lipinski definition) is 1. The maximum atomic E-state index is 11.7. The number of carbonyl (C=O) groups is 2. The molecular formula is C14H18N2O5. The molecule has 0 fully saturated rings. The van der Waals surface area contributed by atoms with Gasteiger partial charge in [-0.25, -0.2) is 9.59 Å². The van der Waals surface area contributed by atoms with Crippen molar-refractivity contribution in [3.8, 4) is 0 Å². The molecule has 1 rings (SSSR count). The molecule has 0 radical (unpaired) electrons. The smallest absolute Gasteiger partial charge is 0.408 e. The number of amides is 1. The average Bonchev–Trinajstić information content (AvgIpc) is 2.50. The Kier molecular flexibility index (Phi) is 5.83. The summed E-state index contributed by atoms with van der Waals surface area (Å²) in [6, 6.07) is 7.84. The van der Waals surface area contributed by atoms with Crippen LogP contribution in [0.25, 0.3) is 0 Å². The monoisotopic (exact) mass is 294 g/mol. The number of nitroso groups, excluding NO2 is 1. The third-order valence-electron chi connectivity index (χ3n) is 2.85. The number of rotatable bonds is 6. The lowest BCUT2D eigenvalue weighted by Crippen LogP contribution is -2.53. The van der Waals surface area contributed by atoms with Crippen molar-refractivity contribution in [1.82, 2.24) is 5.32 Å². The highest BCUT2D eigenvalue weighted by atomic mass is 16.6. The van der Waals surface area contributed by atoms with Crippen LogP contribution in [0.2, 0.25) is 0 Å². The summed E-state index contributed by atoms with van der Waals surface area (Å²) in [5.41, 5.74) is -0.547. The highest BCUT2D eigenvalue weighted by Crippen LogP contribution is 2.16. The van der Waals surface area contributed by atoms with Gasteiger partial charge >= 0.3 is 12.1 Å². The number of hydrogen-bond acceptors (Lipinski definition) is 6. The Morgan fingerprint density at radius 2 is 1.90 bits per heavy atom. The summed E-state index contributed by atoms with van der Waals surface area (Å²) in [5, 5.41) is 5.14. The Balaban J connectivity index is 2.64. The molecule has 1 aromatic rings. The number of methoxy groups -OCH3 is 1. The molecule has 1 atom stereocenters. The van der Waals surface area contributed by atoms with Crippen molar-refractivity contribution >= 4 is 12.1 Å². The van der Waals surface area contributed by atoms with E-state index in [1.807, 2.05) is 18.2 Å². The van der Waals surface area contributed by atoms with Crippen LogP contribution in [0.1, 0.15) is 19.4 Å². The number of ether oxygens (including phenoxy) is 2. The lowest BCUT2D eigenvalue weighted by Gasteiger charge is -2.25. The van der Waals surface area contributed by atoms with E-state index in [0.717, 1.165) is 12.7 Å². The van der Waals surface area contributed by atoms with Crippen LogP contribution in [0.3, 0.4) is 0 Å². The van der Waals surface area contributed by atoms with Crippen molar-refractivity contribution < 1.29 is 19.1 Å². The Labute approximate surface area is 122 Å². The van der Waals surface area contributed by atoms with E-state index >= 15 is 0 Å². The van der Waals surface area contributed by atoms with E-state index in [1.54, 1.807) is 12.1 Å². The number of esters is 1. The zero-order valence-electron chi connectivity index (χ0n) is 12.2. The van der Waals surface area contributed by atoms with Crippen molar-refractivity contribution in [2.45, 2.75) is 32.0 Å². The van der Waals surface area contributed by atoms with Crippen LogP contribution >= 0.6 is 0 Å². The van der Waals surface area contributed by atoms with Crippen LogP contribution in [0, 0.1) is 4.91 Å². The first-order valence-electron chi connectivity index (χ1n) is 6.30. The topological polar surface area (TPSA) is 94.1 Å². The van der Waals surface area contributed by atoms with E-state index < -0.39 is 23.6 Å². The second kappa shape index (κ2) is 7.37. The van der Waals surface area contributed by atoms with Gasteiger partial charge in [0.25, 0.3) is 0 Å². The lowest BCUT2D eigenvalue weighted by molar-refractivity contribution is -0.144. The predicted molar refractivity (Wildman–Crippen MR) is 75.4 cm³/mol. The van der Waals surface area contributed by atoms with Gasteiger partial charge in [-0.3, -0.25) is 0 Å². The van der Waals surface area contributed by atoms with Gasteiger partial charge in [-0.15, -0.1) is 0 Å². The van der Waals surface area contributed by atoms with Gasteiger partial charge < -0.3 is 14.8 Å². The summed E-state index contributed by atoms with van der Waals surface area (Å²) in [7, 11) is 1.16. The zero-order chi connectivity index (χ0) is 15.9. The molecule has 0 saturated carbocycles. The van der Waals surface area contributed by atoms with Crippen LogP contribution in [0.5, 0.6) is 0 Å². The fraction of sp³-hybridized carbons (Fsp3) is 0.429. The molecule has 0 saturated heterocycles. The molecule has 0 spiro atoms. The molecular weight excluding hydrogens is 276 g/mol. The zero-order valence-corrected chi connectivity index (χ0v) is 12.2. The molecule has 7 heteroatoms. The van der Waals surface area contributed by atoms with Crippen LogP contribution in [0.4, 0.5) is 4.79 Å². The molecule has 1 amide bonds. The van der Waals surface area contributed by atoms with E-state index in [2.05, 4.69) is 15.2 Å². The summed E-state index contributed by atoms with van der Waals surface area (Å²) in [6.45, 7) is 2.88. The van der Waals surface area contributed by atoms with Crippen LogP contribution < -0.4 is 5.32 Å². The third kappa shape index (κ3) is 4.87. The largest absolute Gasteiger partial charge is 0.467 e. The predicted octanol–water partition coefficient (Wildman–Crippen LogP) is 2.00. The molecule has 0 aliphatic rings. The molecule has 0 aliphatic carbocycles. The fourth-order valence-electron chi connectivity index (χ4n) is 1.58. The maximum Gasteiger partial charge on any atom is 0.408 e. The molecule has 1 aromatic carbocycles. The number of nitrogens with zero attached hydrogens (tertiary/aromatic N) is 1. The second-order valence-electron chi connectivity index (χ2n) is 4.91. The highest BCUT2D eigenvalue weighted by molar-refractivity contribution is 5.82. The molecule has 1 N–H and O–H groups in total. The van der Waals surface area contributed by atoms with Gasteiger partial charge in [-0.1, -0.05) is 35.5 Å². The summed E-state index contributed by atoms with van der Waals surface area (Å²) in [6.07, 6.45) is -0.828. The number of nitrogens with one attached hydrogen (secondary N) is 1. The van der Waals surface area contributed by atoms with Gasteiger partial charge in [0, 0.05) is 0 Å². The molecule has 0 aliphatic heterocycles. The van der Waals surface area contributed by atoms with Gasteiger partial charge in [0.1, 0.15) is 12.1 Å². The Bertz CT molecular complexity index is 501. The molecule has 0 aromatic heterocycles. The molecule has 1 unspecified atom stereocenters. The Morgan fingerprint density at radius 3 is 2.43 bits per heavy atom. The first kappa shape index (κ1) is 16.6. The van der Waals surface area contributed by atoms with E-state index in [-0.39, 0.29) is 6.61 Å². The Hall–Kier alpha value is -2.44. The summed E-state index contributed by atoms with van der Waals surface area (Å²) in [4.78, 5) is 34.2. The van der Waals surface area contributed by atoms with Crippen molar-refractivity contribution in [3.63, 3.8) is 0 Å². The van der Waals surface area contributed by atoms with E-state index in [0.29, 0.717) is 0 Å². The van der Waals surface area contributed by atoms with Gasteiger partial charge in [-0.2, -0.15) is 4.91 Å². The molecule has 114 valence electrons. The molecule has 7 nitrogen and oxygen atoms in total. The van der Waals surface area contributed by atoms with Gasteiger partial charge in [-0.05, 0) is 19.4 Å². The third-order valence-corrected chi connectivity index (χ3v) is 2.85. The Morgan fingerprint density at radius 1 is 1.29 bits per heavy atom. The molecule has 0 bridgehead atoms. The number of carbonyl (C=O) groups excluding carboxylic acids is 2. The normalized spacial score (nSPS) is 12.1. The van der Waals surface area contributed by atoms with E-state index in [1.165, 1.54) is 13.8 Å². The van der Waals surface area contributed by atoms with Crippen molar-refractivity contribution in [1.29, 1.82) is 0 Å². The van der Waals surface area contributed by atoms with E-state index in [9.17, 15) is 14.5 Å². The van der Waals surface area contributed by atoms with Crippen molar-refractivity contribution in [3.05, 3.63) is 40.8 Å². The number of alkyl carbamates (subject to hydrolysis) is 1. The van der Waals surface area contributed by atoms with Gasteiger partial charge in [0.2, 0.25) is 0 Å². The van der Waals surface area contributed by atoms with Crippen molar-refractivity contribution in [2.75, 3.05) is 7.11 Å². The SMILES string of the molecule is COC(=O)C(NC(=O)OCc1ccccc1)C(C)(C)N=O.